The summed E-state index contributed by atoms with van der Waals surface area (Å²) in [4.78, 5) is 11.2. The monoisotopic (exact) mass is 363 g/mol. The third kappa shape index (κ3) is 3.31. The minimum absolute atomic E-state index is 0.0998. The van der Waals surface area contributed by atoms with Crippen LogP contribution in [0.5, 0.6) is 0 Å². The fourth-order valence-electron chi connectivity index (χ4n) is 0.880. The molecule has 0 heterocycles. The molecule has 2 nitrogen and oxygen atoms in total. The molecule has 1 amide bonds. The number of anilines is 1. The predicted octanol–water partition coefficient (Wildman–Crippen LogP) is 3.02. The van der Waals surface area contributed by atoms with E-state index in [2.05, 4.69) is 49.8 Å². The highest BCUT2D eigenvalue weighted by atomic mass is 127. The second-order valence-electron chi connectivity index (χ2n) is 2.55. The molecule has 0 fully saturated rings. The number of carbonyl (C=O) groups excluding carboxylic acids is 1. The van der Waals surface area contributed by atoms with E-state index in [-0.39, 0.29) is 12.3 Å². The van der Waals surface area contributed by atoms with E-state index in [1.165, 1.54) is 0 Å². The van der Waals surface area contributed by atoms with Gasteiger partial charge in [0.1, 0.15) is 0 Å². The number of amides is 1. The Morgan fingerprint density at radius 3 is 3.00 bits per heavy atom. The summed E-state index contributed by atoms with van der Waals surface area (Å²) in [5.74, 6) is 2.13. The second-order valence-corrected chi connectivity index (χ2v) is 4.63. The number of nitrogens with one attached hydrogen (secondary N) is 1. The molecule has 0 saturated carbocycles. The number of hydrogen-bond acceptors (Lipinski definition) is 1. The summed E-state index contributed by atoms with van der Waals surface area (Å²) in [5, 5.41) is 2.73. The minimum atomic E-state index is -0.163. The Morgan fingerprint density at radius 2 is 2.36 bits per heavy atom. The molecule has 14 heavy (non-hydrogen) atoms. The number of carbonyl (C=O) groups is 1. The molecule has 0 spiro atoms. The van der Waals surface area contributed by atoms with Gasteiger partial charge in [0.05, 0.1) is 12.1 Å². The van der Waals surface area contributed by atoms with Crippen LogP contribution in [-0.4, -0.2) is 5.91 Å². The van der Waals surface area contributed by atoms with Crippen molar-refractivity contribution in [2.45, 2.75) is 6.42 Å². The standard InChI is InChI=1S/C10H7BrINO/c1-2-3-10(14)13-9-6-7(11)4-5-8(9)12/h1,4-6H,3H2,(H,13,14). The van der Waals surface area contributed by atoms with Crippen molar-refractivity contribution >= 4 is 50.1 Å². The number of halogens is 2. The zero-order chi connectivity index (χ0) is 10.6. The summed E-state index contributed by atoms with van der Waals surface area (Å²) in [6.45, 7) is 0. The number of benzene rings is 1. The molecular formula is C10H7BrINO. The first-order chi connectivity index (χ1) is 6.63. The Hall–Kier alpha value is -0.540. The number of terminal acetylenes is 1. The van der Waals surface area contributed by atoms with Gasteiger partial charge in [0, 0.05) is 8.04 Å². The van der Waals surface area contributed by atoms with Gasteiger partial charge in [-0.05, 0) is 40.8 Å². The molecule has 72 valence electrons. The Balaban J connectivity index is 2.81. The maximum Gasteiger partial charge on any atom is 0.236 e. The normalized spacial score (nSPS) is 9.21. The molecule has 0 unspecified atom stereocenters. The maximum atomic E-state index is 11.2. The summed E-state index contributed by atoms with van der Waals surface area (Å²) in [6.07, 6.45) is 5.13. The summed E-state index contributed by atoms with van der Waals surface area (Å²) < 4.78 is 1.91. The fraction of sp³-hybridized carbons (Fsp3) is 0.100. The van der Waals surface area contributed by atoms with E-state index in [0.717, 1.165) is 13.7 Å². The van der Waals surface area contributed by atoms with E-state index in [0.29, 0.717) is 0 Å². The summed E-state index contributed by atoms with van der Waals surface area (Å²) in [6, 6.07) is 5.67. The average Bonchev–Trinajstić information content (AvgIpc) is 2.12. The van der Waals surface area contributed by atoms with Crippen LogP contribution in [0.1, 0.15) is 6.42 Å². The lowest BCUT2D eigenvalue weighted by Gasteiger charge is -2.05. The molecule has 1 aromatic rings. The van der Waals surface area contributed by atoms with Crippen LogP contribution >= 0.6 is 38.5 Å². The number of rotatable bonds is 2. The van der Waals surface area contributed by atoms with Gasteiger partial charge in [-0.1, -0.05) is 21.9 Å². The average molecular weight is 364 g/mol. The highest BCUT2D eigenvalue weighted by Crippen LogP contribution is 2.22. The van der Waals surface area contributed by atoms with Crippen molar-refractivity contribution in [2.75, 3.05) is 5.32 Å². The van der Waals surface area contributed by atoms with E-state index in [1.54, 1.807) is 0 Å². The van der Waals surface area contributed by atoms with E-state index in [9.17, 15) is 4.79 Å². The van der Waals surface area contributed by atoms with E-state index in [4.69, 9.17) is 6.42 Å². The third-order valence-corrected chi connectivity index (χ3v) is 2.90. The highest BCUT2D eigenvalue weighted by Gasteiger charge is 2.04. The Kier molecular flexibility index (Phi) is 4.42. The van der Waals surface area contributed by atoms with Crippen LogP contribution in [-0.2, 0) is 4.79 Å². The minimum Gasteiger partial charge on any atom is -0.324 e. The SMILES string of the molecule is C#CCC(=O)Nc1cc(Br)ccc1I. The summed E-state index contributed by atoms with van der Waals surface area (Å²) >= 11 is 5.48. The number of hydrogen-bond donors (Lipinski definition) is 1. The molecule has 0 aliphatic rings. The van der Waals surface area contributed by atoms with Crippen LogP contribution in [0.15, 0.2) is 22.7 Å². The molecule has 4 heteroatoms. The van der Waals surface area contributed by atoms with Gasteiger partial charge in [-0.2, -0.15) is 0 Å². The molecule has 0 radical (unpaired) electrons. The molecule has 0 aliphatic heterocycles. The Labute approximate surface area is 105 Å². The van der Waals surface area contributed by atoms with Gasteiger partial charge in [-0.3, -0.25) is 4.79 Å². The van der Waals surface area contributed by atoms with Crippen molar-refractivity contribution in [2.24, 2.45) is 0 Å². The van der Waals surface area contributed by atoms with Gasteiger partial charge in [0.15, 0.2) is 0 Å². The van der Waals surface area contributed by atoms with Gasteiger partial charge in [-0.15, -0.1) is 6.42 Å². The topological polar surface area (TPSA) is 29.1 Å². The first-order valence-corrected chi connectivity index (χ1v) is 5.69. The van der Waals surface area contributed by atoms with Gasteiger partial charge >= 0.3 is 0 Å². The van der Waals surface area contributed by atoms with E-state index in [1.807, 2.05) is 18.2 Å². The maximum absolute atomic E-state index is 11.2. The quantitative estimate of drug-likeness (QED) is 0.635. The van der Waals surface area contributed by atoms with Crippen LogP contribution < -0.4 is 5.32 Å². The van der Waals surface area contributed by atoms with E-state index >= 15 is 0 Å². The summed E-state index contributed by atoms with van der Waals surface area (Å²) in [5.41, 5.74) is 0.778. The van der Waals surface area contributed by atoms with Gasteiger partial charge in [0.25, 0.3) is 0 Å². The first kappa shape index (κ1) is 11.5. The Bertz CT molecular complexity index is 398. The second kappa shape index (κ2) is 5.37. The zero-order valence-electron chi connectivity index (χ0n) is 7.18. The Morgan fingerprint density at radius 1 is 1.64 bits per heavy atom. The molecular weight excluding hydrogens is 357 g/mol. The lowest BCUT2D eigenvalue weighted by Crippen LogP contribution is -2.11. The molecule has 0 aromatic heterocycles. The molecule has 0 bridgehead atoms. The summed E-state index contributed by atoms with van der Waals surface area (Å²) in [7, 11) is 0. The highest BCUT2D eigenvalue weighted by molar-refractivity contribution is 14.1. The van der Waals surface area contributed by atoms with Gasteiger partial charge < -0.3 is 5.32 Å². The van der Waals surface area contributed by atoms with Gasteiger partial charge in [0.2, 0.25) is 5.91 Å². The molecule has 1 N–H and O–H groups in total. The molecule has 0 aliphatic carbocycles. The van der Waals surface area contributed by atoms with Crippen molar-refractivity contribution in [1.29, 1.82) is 0 Å². The first-order valence-electron chi connectivity index (χ1n) is 3.82. The van der Waals surface area contributed by atoms with Crippen molar-refractivity contribution < 1.29 is 4.79 Å². The van der Waals surface area contributed by atoms with Crippen LogP contribution in [0, 0.1) is 15.9 Å². The molecule has 0 saturated heterocycles. The lowest BCUT2D eigenvalue weighted by atomic mass is 10.3. The van der Waals surface area contributed by atoms with Gasteiger partial charge in [-0.25, -0.2) is 0 Å². The van der Waals surface area contributed by atoms with Crippen LogP contribution in [0.4, 0.5) is 5.69 Å². The third-order valence-electron chi connectivity index (χ3n) is 1.47. The van der Waals surface area contributed by atoms with Crippen molar-refractivity contribution in [3.63, 3.8) is 0 Å². The predicted molar refractivity (Wildman–Crippen MR) is 68.9 cm³/mol. The van der Waals surface area contributed by atoms with Crippen LogP contribution in [0.25, 0.3) is 0 Å². The van der Waals surface area contributed by atoms with Crippen molar-refractivity contribution in [3.8, 4) is 12.3 Å². The van der Waals surface area contributed by atoms with Crippen LogP contribution in [0.2, 0.25) is 0 Å². The van der Waals surface area contributed by atoms with Crippen molar-refractivity contribution in [1.82, 2.24) is 0 Å². The van der Waals surface area contributed by atoms with Crippen molar-refractivity contribution in [3.05, 3.63) is 26.2 Å². The van der Waals surface area contributed by atoms with Crippen LogP contribution in [0.3, 0.4) is 0 Å². The molecule has 1 aromatic carbocycles. The zero-order valence-corrected chi connectivity index (χ0v) is 10.9. The molecule has 1 rings (SSSR count). The van der Waals surface area contributed by atoms with E-state index < -0.39 is 0 Å². The lowest BCUT2D eigenvalue weighted by molar-refractivity contribution is -0.115. The fourth-order valence-corrected chi connectivity index (χ4v) is 1.71. The smallest absolute Gasteiger partial charge is 0.236 e. The largest absolute Gasteiger partial charge is 0.324 e. The molecule has 0 atom stereocenters.